The number of benzene rings is 1. The number of aromatic amines is 1. The summed E-state index contributed by atoms with van der Waals surface area (Å²) in [5, 5.41) is 22.2. The molecule has 0 aliphatic rings. The summed E-state index contributed by atoms with van der Waals surface area (Å²) in [6.45, 7) is 0. The molecule has 0 saturated carbocycles. The van der Waals surface area contributed by atoms with Crippen molar-refractivity contribution >= 4 is 12.1 Å². The van der Waals surface area contributed by atoms with Crippen LogP contribution in [0.15, 0.2) is 40.6 Å². The molecule has 4 N–H and O–H groups in total. The highest BCUT2D eigenvalue weighted by Gasteiger charge is 2.08. The minimum Gasteiger partial charge on any atom is -0.508 e. The van der Waals surface area contributed by atoms with Gasteiger partial charge >= 0.3 is 0 Å². The van der Waals surface area contributed by atoms with Crippen molar-refractivity contribution in [2.24, 2.45) is 5.10 Å². The number of carbonyl (C=O) groups excluding carboxylic acids is 1. The highest BCUT2D eigenvalue weighted by Crippen LogP contribution is 2.20. The lowest BCUT2D eigenvalue weighted by atomic mass is 10.2. The first-order chi connectivity index (χ1) is 9.58. The summed E-state index contributed by atoms with van der Waals surface area (Å²) >= 11 is 0. The molecule has 1 aromatic carbocycles. The summed E-state index contributed by atoms with van der Waals surface area (Å²) in [5.41, 5.74) is 1.66. The lowest BCUT2D eigenvalue weighted by Gasteiger charge is -2.00. The summed E-state index contributed by atoms with van der Waals surface area (Å²) in [6.07, 6.45) is 3.45. The average molecular weight is 274 g/mol. The largest absolute Gasteiger partial charge is 0.508 e. The van der Waals surface area contributed by atoms with Crippen molar-refractivity contribution in [1.29, 1.82) is 0 Å². The zero-order valence-corrected chi connectivity index (χ0v) is 10.1. The Balaban J connectivity index is 2.09. The van der Waals surface area contributed by atoms with E-state index in [-0.39, 0.29) is 17.1 Å². The summed E-state index contributed by atoms with van der Waals surface area (Å²) in [7, 11) is 0. The van der Waals surface area contributed by atoms with E-state index < -0.39 is 11.5 Å². The smallest absolute Gasteiger partial charge is 0.278 e. The van der Waals surface area contributed by atoms with Gasteiger partial charge in [-0.2, -0.15) is 5.10 Å². The Hall–Kier alpha value is -3.16. The number of aromatic nitrogens is 2. The minimum absolute atomic E-state index is 0.0921. The normalized spacial score (nSPS) is 10.6. The number of H-pyrrole nitrogens is 1. The molecule has 2 rings (SSSR count). The molecule has 0 unspecified atom stereocenters. The van der Waals surface area contributed by atoms with Gasteiger partial charge in [0.25, 0.3) is 11.5 Å². The second-order valence-electron chi connectivity index (χ2n) is 3.74. The summed E-state index contributed by atoms with van der Waals surface area (Å²) < 4.78 is 0. The Morgan fingerprint density at radius 2 is 2.20 bits per heavy atom. The molecule has 0 aliphatic carbocycles. The number of hydrazone groups is 1. The second-order valence-corrected chi connectivity index (χ2v) is 3.74. The van der Waals surface area contributed by atoms with Gasteiger partial charge < -0.3 is 15.2 Å². The summed E-state index contributed by atoms with van der Waals surface area (Å²) in [5.74, 6) is -1.01. The molecular weight excluding hydrogens is 264 g/mol. The number of hydrogen-bond donors (Lipinski definition) is 4. The second kappa shape index (κ2) is 5.65. The fourth-order valence-electron chi connectivity index (χ4n) is 1.37. The number of nitrogens with zero attached hydrogens (tertiary/aromatic N) is 2. The van der Waals surface area contributed by atoms with Crippen LogP contribution in [0.5, 0.6) is 11.5 Å². The van der Waals surface area contributed by atoms with Gasteiger partial charge in [-0.05, 0) is 12.1 Å². The third kappa shape index (κ3) is 2.99. The van der Waals surface area contributed by atoms with E-state index in [2.05, 4.69) is 20.5 Å². The van der Waals surface area contributed by atoms with E-state index in [0.29, 0.717) is 5.56 Å². The molecule has 0 radical (unpaired) electrons. The van der Waals surface area contributed by atoms with Crippen LogP contribution in [0.3, 0.4) is 0 Å². The zero-order chi connectivity index (χ0) is 14.5. The lowest BCUT2D eigenvalue weighted by molar-refractivity contribution is 0.0953. The highest BCUT2D eigenvalue weighted by molar-refractivity contribution is 5.94. The van der Waals surface area contributed by atoms with E-state index in [1.54, 1.807) is 0 Å². The molecule has 0 atom stereocenters. The van der Waals surface area contributed by atoms with E-state index in [9.17, 15) is 14.7 Å². The van der Waals surface area contributed by atoms with Crippen LogP contribution in [0.25, 0.3) is 0 Å². The van der Waals surface area contributed by atoms with Gasteiger partial charge in [0.1, 0.15) is 17.1 Å². The van der Waals surface area contributed by atoms with Gasteiger partial charge in [0, 0.05) is 17.8 Å². The van der Waals surface area contributed by atoms with Crippen LogP contribution in [0.2, 0.25) is 0 Å². The topological polar surface area (TPSA) is 128 Å². The van der Waals surface area contributed by atoms with Crippen molar-refractivity contribution in [2.45, 2.75) is 0 Å². The molecule has 0 saturated heterocycles. The molecule has 0 spiro atoms. The van der Waals surface area contributed by atoms with Crippen LogP contribution < -0.4 is 11.0 Å². The number of aromatic hydroxyl groups is 2. The Morgan fingerprint density at radius 3 is 2.90 bits per heavy atom. The SMILES string of the molecule is O=C(NN=Cc1ccc(O)cc1O)c1cnc[nH]c1=O. The molecule has 8 heteroatoms. The molecule has 102 valence electrons. The van der Waals surface area contributed by atoms with Crippen molar-refractivity contribution < 1.29 is 15.0 Å². The predicted octanol–water partition coefficient (Wildman–Crippen LogP) is -0.0550. The minimum atomic E-state index is -0.728. The monoisotopic (exact) mass is 274 g/mol. The van der Waals surface area contributed by atoms with Crippen LogP contribution in [0.1, 0.15) is 15.9 Å². The van der Waals surface area contributed by atoms with Crippen molar-refractivity contribution in [3.05, 3.63) is 52.2 Å². The van der Waals surface area contributed by atoms with Gasteiger partial charge in [-0.1, -0.05) is 0 Å². The summed E-state index contributed by atoms with van der Waals surface area (Å²) in [4.78, 5) is 28.8. The van der Waals surface area contributed by atoms with Gasteiger partial charge in [-0.15, -0.1) is 0 Å². The quantitative estimate of drug-likeness (QED) is 0.460. The van der Waals surface area contributed by atoms with Crippen LogP contribution in [-0.4, -0.2) is 32.3 Å². The number of hydrogen-bond acceptors (Lipinski definition) is 6. The predicted molar refractivity (Wildman–Crippen MR) is 69.7 cm³/mol. The molecule has 1 heterocycles. The molecule has 2 aromatic rings. The maximum atomic E-state index is 11.6. The third-order valence-electron chi connectivity index (χ3n) is 2.35. The molecule has 1 amide bonds. The van der Waals surface area contributed by atoms with Crippen LogP contribution in [0.4, 0.5) is 0 Å². The van der Waals surface area contributed by atoms with Crippen molar-refractivity contribution in [3.8, 4) is 11.5 Å². The van der Waals surface area contributed by atoms with E-state index in [4.69, 9.17) is 5.11 Å². The van der Waals surface area contributed by atoms with Crippen LogP contribution in [0, 0.1) is 0 Å². The fraction of sp³-hybridized carbons (Fsp3) is 0. The highest BCUT2D eigenvalue weighted by atomic mass is 16.3. The van der Waals surface area contributed by atoms with Crippen molar-refractivity contribution in [3.63, 3.8) is 0 Å². The first-order valence-electron chi connectivity index (χ1n) is 5.46. The lowest BCUT2D eigenvalue weighted by Crippen LogP contribution is -2.26. The standard InChI is InChI=1S/C12H10N4O4/c17-8-2-1-7(10(18)3-8)4-15-16-12(20)9-5-13-6-14-11(9)19/h1-6,17-18H,(H,16,20)(H,13,14,19). The Kier molecular flexibility index (Phi) is 3.75. The molecular formula is C12H10N4O4. The number of carbonyl (C=O) groups is 1. The van der Waals surface area contributed by atoms with Gasteiger partial charge in [-0.3, -0.25) is 9.59 Å². The number of phenols is 2. The zero-order valence-electron chi connectivity index (χ0n) is 10.1. The van der Waals surface area contributed by atoms with E-state index in [1.807, 2.05) is 0 Å². The van der Waals surface area contributed by atoms with Crippen molar-refractivity contribution in [1.82, 2.24) is 15.4 Å². The number of rotatable bonds is 3. The molecule has 0 bridgehead atoms. The first kappa shape index (κ1) is 13.3. The Labute approximate surface area is 112 Å². The maximum absolute atomic E-state index is 11.6. The van der Waals surface area contributed by atoms with Crippen LogP contribution >= 0.6 is 0 Å². The molecule has 20 heavy (non-hydrogen) atoms. The van der Waals surface area contributed by atoms with Gasteiger partial charge in [0.05, 0.1) is 12.5 Å². The van der Waals surface area contributed by atoms with E-state index in [1.165, 1.54) is 18.3 Å². The maximum Gasteiger partial charge on any atom is 0.278 e. The van der Waals surface area contributed by atoms with Gasteiger partial charge in [-0.25, -0.2) is 10.4 Å². The number of phenolic OH excluding ortho intramolecular Hbond substituents is 2. The Morgan fingerprint density at radius 1 is 1.40 bits per heavy atom. The van der Waals surface area contributed by atoms with Gasteiger partial charge in [0.2, 0.25) is 0 Å². The third-order valence-corrected chi connectivity index (χ3v) is 2.35. The fourth-order valence-corrected chi connectivity index (χ4v) is 1.37. The van der Waals surface area contributed by atoms with Gasteiger partial charge in [0.15, 0.2) is 0 Å². The molecule has 8 nitrogen and oxygen atoms in total. The number of nitrogens with one attached hydrogen (secondary N) is 2. The van der Waals surface area contributed by atoms with Crippen molar-refractivity contribution in [2.75, 3.05) is 0 Å². The summed E-state index contributed by atoms with van der Waals surface area (Å²) in [6, 6.07) is 3.90. The van der Waals surface area contributed by atoms with E-state index >= 15 is 0 Å². The first-order valence-corrected chi connectivity index (χ1v) is 5.46. The average Bonchev–Trinajstić information content (AvgIpc) is 2.41. The molecule has 1 aromatic heterocycles. The van der Waals surface area contributed by atoms with E-state index in [0.717, 1.165) is 18.6 Å². The Bertz CT molecular complexity index is 723. The molecule has 0 aliphatic heterocycles. The van der Waals surface area contributed by atoms with Crippen LogP contribution in [-0.2, 0) is 0 Å². The number of amides is 1. The molecule has 0 fully saturated rings.